The minimum absolute atomic E-state index is 0.0241. The minimum atomic E-state index is -0.0241. The van der Waals surface area contributed by atoms with Crippen LogP contribution in [0.2, 0.25) is 0 Å². The Morgan fingerprint density at radius 1 is 1.21 bits per heavy atom. The smallest absolute Gasteiger partial charge is 0.0589 e. The lowest BCUT2D eigenvalue weighted by Crippen LogP contribution is -2.50. The van der Waals surface area contributed by atoms with Gasteiger partial charge in [0.25, 0.3) is 0 Å². The van der Waals surface area contributed by atoms with E-state index in [1.807, 2.05) is 0 Å². The summed E-state index contributed by atoms with van der Waals surface area (Å²) in [7, 11) is 1.74. The average molecular weight is 202 g/mol. The van der Waals surface area contributed by atoms with Crippen LogP contribution in [0.4, 0.5) is 0 Å². The van der Waals surface area contributed by atoms with E-state index >= 15 is 0 Å². The summed E-state index contributed by atoms with van der Waals surface area (Å²) in [6.45, 7) is 10.3. The monoisotopic (exact) mass is 202 g/mol. The first-order valence-corrected chi connectivity index (χ1v) is 5.62. The molecule has 0 atom stereocenters. The second-order valence-corrected chi connectivity index (χ2v) is 3.93. The lowest BCUT2D eigenvalue weighted by atomic mass is 9.93. The molecule has 0 heterocycles. The number of likely N-dealkylation sites (N-methyl/N-ethyl adjacent to an activating group) is 1. The van der Waals surface area contributed by atoms with E-state index in [1.165, 1.54) is 0 Å². The van der Waals surface area contributed by atoms with Crippen molar-refractivity contribution in [1.82, 2.24) is 4.90 Å². The van der Waals surface area contributed by atoms with Gasteiger partial charge in [0.2, 0.25) is 0 Å². The minimum Gasteiger partial charge on any atom is -0.383 e. The zero-order valence-corrected chi connectivity index (χ0v) is 10.2. The Balaban J connectivity index is 4.00. The van der Waals surface area contributed by atoms with Gasteiger partial charge in [-0.1, -0.05) is 20.8 Å². The van der Waals surface area contributed by atoms with E-state index in [0.29, 0.717) is 0 Å². The third-order valence-corrected chi connectivity index (χ3v) is 3.01. The van der Waals surface area contributed by atoms with Crippen LogP contribution in [0.1, 0.15) is 33.6 Å². The maximum Gasteiger partial charge on any atom is 0.0589 e. The molecule has 0 radical (unpaired) electrons. The van der Waals surface area contributed by atoms with E-state index in [9.17, 15) is 0 Å². The molecule has 0 fully saturated rings. The Kier molecular flexibility index (Phi) is 7.15. The number of methoxy groups -OCH3 is 1. The first-order chi connectivity index (χ1) is 6.61. The van der Waals surface area contributed by atoms with Crippen molar-refractivity contribution in [3.63, 3.8) is 0 Å². The molecular formula is C11H26N2O. The summed E-state index contributed by atoms with van der Waals surface area (Å²) in [4.78, 5) is 2.36. The number of hydrogen-bond acceptors (Lipinski definition) is 3. The Bertz CT molecular complexity index is 135. The van der Waals surface area contributed by atoms with Crippen LogP contribution in [0.25, 0.3) is 0 Å². The van der Waals surface area contributed by atoms with Crippen molar-refractivity contribution in [2.45, 2.75) is 39.2 Å². The van der Waals surface area contributed by atoms with Gasteiger partial charge in [-0.05, 0) is 19.4 Å². The highest BCUT2D eigenvalue weighted by Crippen LogP contribution is 2.12. The molecular weight excluding hydrogens is 176 g/mol. The maximum atomic E-state index is 6.26. The van der Waals surface area contributed by atoms with E-state index in [-0.39, 0.29) is 5.54 Å². The molecule has 0 aromatic heterocycles. The van der Waals surface area contributed by atoms with E-state index in [2.05, 4.69) is 25.7 Å². The molecule has 0 unspecified atom stereocenters. The largest absolute Gasteiger partial charge is 0.383 e. The molecule has 0 rings (SSSR count). The number of hydrogen-bond donors (Lipinski definition) is 1. The fourth-order valence-corrected chi connectivity index (χ4v) is 1.49. The Labute approximate surface area is 88.6 Å². The highest BCUT2D eigenvalue weighted by molar-refractivity contribution is 4.84. The summed E-state index contributed by atoms with van der Waals surface area (Å²) in [5, 5.41) is 0. The van der Waals surface area contributed by atoms with Gasteiger partial charge in [-0.3, -0.25) is 4.90 Å². The molecule has 0 aromatic carbocycles. The predicted octanol–water partition coefficient (Wildman–Crippen LogP) is 1.47. The fraction of sp³-hybridized carbons (Fsp3) is 1.00. The van der Waals surface area contributed by atoms with E-state index in [1.54, 1.807) is 7.11 Å². The van der Waals surface area contributed by atoms with E-state index < -0.39 is 0 Å². The van der Waals surface area contributed by atoms with Gasteiger partial charge in [0.05, 0.1) is 6.61 Å². The van der Waals surface area contributed by atoms with Gasteiger partial charge in [-0.15, -0.1) is 0 Å². The fourth-order valence-electron chi connectivity index (χ4n) is 1.49. The van der Waals surface area contributed by atoms with E-state index in [0.717, 1.165) is 39.1 Å². The van der Waals surface area contributed by atoms with Crippen molar-refractivity contribution in [2.24, 2.45) is 5.73 Å². The summed E-state index contributed by atoms with van der Waals surface area (Å²) in [5.41, 5.74) is 6.24. The molecule has 14 heavy (non-hydrogen) atoms. The number of nitrogens with two attached hydrogens (primary N) is 1. The van der Waals surface area contributed by atoms with Crippen molar-refractivity contribution in [3.8, 4) is 0 Å². The lowest BCUT2D eigenvalue weighted by molar-refractivity contribution is 0.131. The topological polar surface area (TPSA) is 38.5 Å². The molecule has 0 spiro atoms. The van der Waals surface area contributed by atoms with Crippen molar-refractivity contribution in [2.75, 3.05) is 33.4 Å². The maximum absolute atomic E-state index is 6.26. The van der Waals surface area contributed by atoms with Crippen LogP contribution in [0.3, 0.4) is 0 Å². The molecule has 0 bridgehead atoms. The van der Waals surface area contributed by atoms with Crippen molar-refractivity contribution in [1.29, 1.82) is 0 Å². The molecule has 0 saturated carbocycles. The van der Waals surface area contributed by atoms with Crippen LogP contribution in [0, 0.1) is 0 Å². The molecule has 2 N–H and O–H groups in total. The summed E-state index contributed by atoms with van der Waals surface area (Å²) < 4.78 is 5.07. The highest BCUT2D eigenvalue weighted by Gasteiger charge is 2.22. The lowest BCUT2D eigenvalue weighted by Gasteiger charge is -2.33. The second kappa shape index (κ2) is 7.21. The van der Waals surface area contributed by atoms with Gasteiger partial charge in [0.1, 0.15) is 0 Å². The molecule has 0 amide bonds. The standard InChI is InChI=1S/C11H26N2O/c1-5-11(12,6-2)10-13(7-3)8-9-14-4/h5-10,12H2,1-4H3. The Hall–Kier alpha value is -0.120. The Morgan fingerprint density at radius 3 is 2.14 bits per heavy atom. The predicted molar refractivity (Wildman–Crippen MR) is 61.5 cm³/mol. The number of rotatable bonds is 8. The van der Waals surface area contributed by atoms with Crippen molar-refractivity contribution < 1.29 is 4.74 Å². The molecule has 3 nitrogen and oxygen atoms in total. The molecule has 0 aliphatic carbocycles. The van der Waals surface area contributed by atoms with Crippen LogP contribution < -0.4 is 5.73 Å². The SMILES string of the molecule is CCN(CCOC)CC(N)(CC)CC. The third kappa shape index (κ3) is 4.94. The zero-order chi connectivity index (χ0) is 11.0. The third-order valence-electron chi connectivity index (χ3n) is 3.01. The quantitative estimate of drug-likeness (QED) is 0.648. The summed E-state index contributed by atoms with van der Waals surface area (Å²) in [6, 6.07) is 0. The molecule has 3 heteroatoms. The molecule has 86 valence electrons. The average Bonchev–Trinajstić information content (AvgIpc) is 2.23. The number of nitrogens with zero attached hydrogens (tertiary/aromatic N) is 1. The molecule has 0 aromatic rings. The van der Waals surface area contributed by atoms with Gasteiger partial charge in [0, 0.05) is 25.7 Å². The van der Waals surface area contributed by atoms with Crippen LogP contribution in [-0.2, 0) is 4.74 Å². The van der Waals surface area contributed by atoms with Gasteiger partial charge >= 0.3 is 0 Å². The van der Waals surface area contributed by atoms with Gasteiger partial charge in [-0.2, -0.15) is 0 Å². The Morgan fingerprint density at radius 2 is 1.79 bits per heavy atom. The van der Waals surface area contributed by atoms with Gasteiger partial charge in [-0.25, -0.2) is 0 Å². The molecule has 0 aliphatic heterocycles. The van der Waals surface area contributed by atoms with Crippen LogP contribution in [0.5, 0.6) is 0 Å². The summed E-state index contributed by atoms with van der Waals surface area (Å²) in [5.74, 6) is 0. The van der Waals surface area contributed by atoms with Crippen LogP contribution in [0.15, 0.2) is 0 Å². The molecule has 0 aliphatic rings. The summed E-state index contributed by atoms with van der Waals surface area (Å²) in [6.07, 6.45) is 2.07. The van der Waals surface area contributed by atoms with Crippen LogP contribution in [-0.4, -0.2) is 43.8 Å². The summed E-state index contributed by atoms with van der Waals surface area (Å²) >= 11 is 0. The second-order valence-electron chi connectivity index (χ2n) is 3.93. The van der Waals surface area contributed by atoms with Gasteiger partial charge in [0.15, 0.2) is 0 Å². The first kappa shape index (κ1) is 13.9. The van der Waals surface area contributed by atoms with Crippen LogP contribution >= 0.6 is 0 Å². The first-order valence-electron chi connectivity index (χ1n) is 5.62. The van der Waals surface area contributed by atoms with Gasteiger partial charge < -0.3 is 10.5 Å². The van der Waals surface area contributed by atoms with Crippen molar-refractivity contribution in [3.05, 3.63) is 0 Å². The highest BCUT2D eigenvalue weighted by atomic mass is 16.5. The zero-order valence-electron chi connectivity index (χ0n) is 10.2. The van der Waals surface area contributed by atoms with E-state index in [4.69, 9.17) is 10.5 Å². The normalized spacial score (nSPS) is 12.4. The van der Waals surface area contributed by atoms with Crippen molar-refractivity contribution >= 4 is 0 Å². The molecule has 0 saturated heterocycles. The number of ether oxygens (including phenoxy) is 1.